The summed E-state index contributed by atoms with van der Waals surface area (Å²) in [5, 5.41) is -0.971. The van der Waals surface area contributed by atoms with Crippen LogP contribution in [0.25, 0.3) is 0 Å². The van der Waals surface area contributed by atoms with Gasteiger partial charge in [-0.05, 0) is 13.8 Å². The van der Waals surface area contributed by atoms with E-state index in [-0.39, 0.29) is 0 Å². The highest BCUT2D eigenvalue weighted by atomic mass is 32.3. The van der Waals surface area contributed by atoms with Gasteiger partial charge in [0.1, 0.15) is 5.25 Å². The van der Waals surface area contributed by atoms with E-state index in [1.807, 2.05) is 0 Å². The largest absolute Gasteiger partial charge is 0.414 e. The van der Waals surface area contributed by atoms with Gasteiger partial charge < -0.3 is 0 Å². The molecule has 2 atom stereocenters. The van der Waals surface area contributed by atoms with Gasteiger partial charge in [0.05, 0.1) is 6.10 Å². The molecule has 0 bridgehead atoms. The maximum Gasteiger partial charge on any atom is 0.414 e. The molecule has 0 aromatic rings. The van der Waals surface area contributed by atoms with Crippen LogP contribution in [0, 0.1) is 0 Å². The van der Waals surface area contributed by atoms with Gasteiger partial charge in [-0.25, -0.2) is 4.18 Å². The van der Waals surface area contributed by atoms with Gasteiger partial charge in [-0.2, -0.15) is 16.8 Å². The van der Waals surface area contributed by atoms with Crippen molar-refractivity contribution in [2.75, 3.05) is 0 Å². The highest BCUT2D eigenvalue weighted by Gasteiger charge is 2.41. The van der Waals surface area contributed by atoms with E-state index in [4.69, 9.17) is 0 Å². The van der Waals surface area contributed by atoms with Crippen LogP contribution in [0.5, 0.6) is 0 Å². The molecule has 0 spiro atoms. The molecule has 1 heterocycles. The first-order valence-electron chi connectivity index (χ1n) is 3.13. The highest BCUT2D eigenvalue weighted by molar-refractivity contribution is 7.98. The molecule has 0 aliphatic carbocycles. The van der Waals surface area contributed by atoms with Gasteiger partial charge >= 0.3 is 10.4 Å². The molecule has 0 aromatic carbocycles. The third-order valence-corrected chi connectivity index (χ3v) is 4.82. The second-order valence-corrected chi connectivity index (χ2v) is 5.76. The Kier molecular flexibility index (Phi) is 2.19. The molecular weight excluding hydrogens is 208 g/mol. The van der Waals surface area contributed by atoms with Crippen LogP contribution in [0.15, 0.2) is 0 Å². The van der Waals surface area contributed by atoms with Gasteiger partial charge in [-0.1, -0.05) is 0 Å². The van der Waals surface area contributed by atoms with Crippen molar-refractivity contribution in [1.82, 2.24) is 0 Å². The van der Waals surface area contributed by atoms with E-state index >= 15 is 0 Å². The lowest BCUT2D eigenvalue weighted by Crippen LogP contribution is -2.41. The Morgan fingerprint density at radius 3 is 2.00 bits per heavy atom. The molecule has 0 aromatic heterocycles. The van der Waals surface area contributed by atoms with Gasteiger partial charge in [0.15, 0.2) is 0 Å². The summed E-state index contributed by atoms with van der Waals surface area (Å²) in [6.07, 6.45) is -0.909. The zero-order valence-electron chi connectivity index (χ0n) is 6.42. The second kappa shape index (κ2) is 2.66. The van der Waals surface area contributed by atoms with E-state index < -0.39 is 31.9 Å². The normalized spacial score (nSPS) is 39.2. The lowest BCUT2D eigenvalue weighted by molar-refractivity contribution is 0.178. The van der Waals surface area contributed by atoms with Crippen molar-refractivity contribution in [3.63, 3.8) is 0 Å². The molecule has 1 aliphatic rings. The Balaban J connectivity index is 3.12. The van der Waals surface area contributed by atoms with E-state index in [0.717, 1.165) is 0 Å². The van der Waals surface area contributed by atoms with Gasteiger partial charge in [0.2, 0.25) is 0 Å². The summed E-state index contributed by atoms with van der Waals surface area (Å²) in [6, 6.07) is 0. The number of hydrogen-bond donors (Lipinski definition) is 0. The molecule has 2 unspecified atom stereocenters. The van der Waals surface area contributed by atoms with Crippen molar-refractivity contribution in [3.8, 4) is 0 Å². The van der Waals surface area contributed by atoms with E-state index in [2.05, 4.69) is 7.81 Å². The molecule has 0 amide bonds. The van der Waals surface area contributed by atoms with Crippen LogP contribution in [0.2, 0.25) is 0 Å². The van der Waals surface area contributed by atoms with Crippen molar-refractivity contribution in [2.45, 2.75) is 25.2 Å². The molecule has 1 fully saturated rings. The van der Waals surface area contributed by atoms with Crippen LogP contribution in [0.1, 0.15) is 13.8 Å². The molecule has 1 saturated heterocycles. The van der Waals surface area contributed by atoms with Crippen molar-refractivity contribution >= 4 is 20.5 Å². The van der Waals surface area contributed by atoms with Crippen molar-refractivity contribution < 1.29 is 24.6 Å². The van der Waals surface area contributed by atoms with Crippen molar-refractivity contribution in [2.24, 2.45) is 0 Å². The molecule has 8 heteroatoms. The zero-order chi connectivity index (χ0) is 9.57. The Morgan fingerprint density at radius 2 is 1.58 bits per heavy atom. The molecule has 12 heavy (non-hydrogen) atoms. The van der Waals surface area contributed by atoms with Crippen molar-refractivity contribution in [3.05, 3.63) is 0 Å². The van der Waals surface area contributed by atoms with Gasteiger partial charge in [-0.15, -0.1) is 3.63 Å². The fraction of sp³-hybridized carbons (Fsp3) is 1.00. The second-order valence-electron chi connectivity index (χ2n) is 2.48. The van der Waals surface area contributed by atoms with Crippen LogP contribution in [-0.2, 0) is 28.3 Å². The van der Waals surface area contributed by atoms with Crippen LogP contribution < -0.4 is 0 Å². The first kappa shape index (κ1) is 9.90. The van der Waals surface area contributed by atoms with E-state index in [9.17, 15) is 16.8 Å². The Morgan fingerprint density at radius 1 is 1.08 bits per heavy atom. The number of hydrogen-bond acceptors (Lipinski definition) is 6. The molecular formula is C4H8O6S2. The minimum absolute atomic E-state index is 0.909. The highest BCUT2D eigenvalue weighted by Crippen LogP contribution is 2.22. The molecule has 1 aliphatic heterocycles. The Bertz CT molecular complexity index is 364. The summed E-state index contributed by atoms with van der Waals surface area (Å²) in [7, 11) is -8.39. The van der Waals surface area contributed by atoms with Gasteiger partial charge in [-0.3, -0.25) is 0 Å². The summed E-state index contributed by atoms with van der Waals surface area (Å²) < 4.78 is 51.1. The summed E-state index contributed by atoms with van der Waals surface area (Å²) in [6.45, 7) is 2.66. The van der Waals surface area contributed by atoms with E-state index in [1.165, 1.54) is 13.8 Å². The Hall–Kier alpha value is -0.180. The van der Waals surface area contributed by atoms with E-state index in [0.29, 0.717) is 0 Å². The fourth-order valence-corrected chi connectivity index (χ4v) is 3.38. The zero-order valence-corrected chi connectivity index (χ0v) is 8.05. The minimum Gasteiger partial charge on any atom is -0.243 e. The predicted molar refractivity (Wildman–Crippen MR) is 38.9 cm³/mol. The van der Waals surface area contributed by atoms with Gasteiger partial charge in [0.25, 0.3) is 10.1 Å². The first-order valence-corrected chi connectivity index (χ1v) is 5.93. The molecule has 6 nitrogen and oxygen atoms in total. The maximum absolute atomic E-state index is 10.9. The minimum atomic E-state index is -4.36. The average molecular weight is 216 g/mol. The molecule has 1 rings (SSSR count). The molecule has 72 valence electrons. The SMILES string of the molecule is CC1OS(=O)(=O)OS(=O)(=O)C1C. The first-order chi connectivity index (χ1) is 5.25. The van der Waals surface area contributed by atoms with Crippen molar-refractivity contribution in [1.29, 1.82) is 0 Å². The molecule has 0 N–H and O–H groups in total. The summed E-state index contributed by atoms with van der Waals surface area (Å²) in [5.41, 5.74) is 0. The number of rotatable bonds is 0. The topological polar surface area (TPSA) is 86.7 Å². The van der Waals surface area contributed by atoms with Crippen LogP contribution in [0.3, 0.4) is 0 Å². The lowest BCUT2D eigenvalue weighted by atomic mass is 10.3. The van der Waals surface area contributed by atoms with E-state index in [1.54, 1.807) is 0 Å². The van der Waals surface area contributed by atoms with Crippen LogP contribution >= 0.6 is 0 Å². The third kappa shape index (κ3) is 1.76. The van der Waals surface area contributed by atoms with Crippen LogP contribution in [-0.4, -0.2) is 28.2 Å². The third-order valence-electron chi connectivity index (χ3n) is 1.56. The molecule has 0 saturated carbocycles. The maximum atomic E-state index is 10.9. The summed E-state index contributed by atoms with van der Waals surface area (Å²) >= 11 is 0. The monoisotopic (exact) mass is 216 g/mol. The Labute approximate surface area is 70.9 Å². The van der Waals surface area contributed by atoms with Gasteiger partial charge in [0, 0.05) is 0 Å². The standard InChI is InChI=1S/C4H8O6S2/c1-3-4(2)11(5,6)10-12(7,8)9-3/h3-4H,1-2H3. The molecule has 0 radical (unpaired) electrons. The predicted octanol–water partition coefficient (Wildman–Crippen LogP) is -0.615. The lowest BCUT2D eigenvalue weighted by Gasteiger charge is -2.23. The quantitative estimate of drug-likeness (QED) is 0.536. The summed E-state index contributed by atoms with van der Waals surface area (Å²) in [5.74, 6) is 0. The smallest absolute Gasteiger partial charge is 0.243 e. The average Bonchev–Trinajstić information content (AvgIpc) is 1.79. The fourth-order valence-electron chi connectivity index (χ4n) is 0.693. The summed E-state index contributed by atoms with van der Waals surface area (Å²) in [4.78, 5) is 0. The van der Waals surface area contributed by atoms with Crippen LogP contribution in [0.4, 0.5) is 0 Å².